The molecule has 19 heavy (non-hydrogen) atoms. The van der Waals surface area contributed by atoms with E-state index in [9.17, 15) is 8.42 Å². The van der Waals surface area contributed by atoms with Gasteiger partial charge in [-0.3, -0.25) is 0 Å². The minimum atomic E-state index is -3.18. The van der Waals surface area contributed by atoms with Crippen molar-refractivity contribution in [3.63, 3.8) is 0 Å². The fourth-order valence-corrected chi connectivity index (χ4v) is 2.90. The SMILES string of the molecule is CS(=O)(=O)c1cccc(-c2cccc3[nH]ccc23)c1. The van der Waals surface area contributed by atoms with Gasteiger partial charge in [0.2, 0.25) is 0 Å². The Morgan fingerprint density at radius 1 is 1.00 bits per heavy atom. The van der Waals surface area contributed by atoms with Crippen molar-refractivity contribution in [2.45, 2.75) is 4.90 Å². The van der Waals surface area contributed by atoms with Crippen molar-refractivity contribution < 1.29 is 8.42 Å². The van der Waals surface area contributed by atoms with Crippen molar-refractivity contribution >= 4 is 20.7 Å². The van der Waals surface area contributed by atoms with Crippen LogP contribution in [0.4, 0.5) is 0 Å². The van der Waals surface area contributed by atoms with Crippen molar-refractivity contribution in [2.75, 3.05) is 6.26 Å². The monoisotopic (exact) mass is 271 g/mol. The van der Waals surface area contributed by atoms with Gasteiger partial charge in [0.15, 0.2) is 9.84 Å². The lowest BCUT2D eigenvalue weighted by Crippen LogP contribution is -1.96. The van der Waals surface area contributed by atoms with E-state index in [0.717, 1.165) is 22.0 Å². The van der Waals surface area contributed by atoms with Crippen molar-refractivity contribution in [1.82, 2.24) is 4.98 Å². The van der Waals surface area contributed by atoms with Crippen LogP contribution in [0.15, 0.2) is 59.6 Å². The summed E-state index contributed by atoms with van der Waals surface area (Å²) < 4.78 is 23.2. The number of H-pyrrole nitrogens is 1. The highest BCUT2D eigenvalue weighted by Crippen LogP contribution is 2.29. The van der Waals surface area contributed by atoms with Crippen LogP contribution in [0.2, 0.25) is 0 Å². The van der Waals surface area contributed by atoms with Crippen LogP contribution in [0, 0.1) is 0 Å². The normalized spacial score (nSPS) is 11.8. The zero-order chi connectivity index (χ0) is 13.5. The number of aromatic nitrogens is 1. The molecule has 0 aliphatic carbocycles. The maximum Gasteiger partial charge on any atom is 0.175 e. The minimum Gasteiger partial charge on any atom is -0.361 e. The Balaban J connectivity index is 2.25. The van der Waals surface area contributed by atoms with Gasteiger partial charge in [-0.2, -0.15) is 0 Å². The second kappa shape index (κ2) is 4.24. The average Bonchev–Trinajstić information content (AvgIpc) is 2.86. The zero-order valence-corrected chi connectivity index (χ0v) is 11.2. The second-order valence-corrected chi connectivity index (χ2v) is 6.56. The summed E-state index contributed by atoms with van der Waals surface area (Å²) in [5.41, 5.74) is 2.99. The molecule has 1 heterocycles. The Morgan fingerprint density at radius 2 is 1.79 bits per heavy atom. The molecular weight excluding hydrogens is 258 g/mol. The Bertz CT molecular complexity index is 847. The number of benzene rings is 2. The van der Waals surface area contributed by atoms with Gasteiger partial charge < -0.3 is 4.98 Å². The molecule has 3 rings (SSSR count). The first-order chi connectivity index (χ1) is 9.05. The smallest absolute Gasteiger partial charge is 0.175 e. The van der Waals surface area contributed by atoms with Crippen LogP contribution in [-0.4, -0.2) is 19.7 Å². The third kappa shape index (κ3) is 2.15. The van der Waals surface area contributed by atoms with Crippen LogP contribution in [-0.2, 0) is 9.84 Å². The first-order valence-electron chi connectivity index (χ1n) is 5.92. The summed E-state index contributed by atoms with van der Waals surface area (Å²) in [6, 6.07) is 15.0. The molecule has 3 aromatic rings. The van der Waals surface area contributed by atoms with Gasteiger partial charge in [0, 0.05) is 23.4 Å². The Morgan fingerprint density at radius 3 is 2.58 bits per heavy atom. The van der Waals surface area contributed by atoms with Gasteiger partial charge in [-0.1, -0.05) is 24.3 Å². The summed E-state index contributed by atoms with van der Waals surface area (Å²) in [7, 11) is -3.18. The van der Waals surface area contributed by atoms with E-state index in [1.165, 1.54) is 6.26 Å². The van der Waals surface area contributed by atoms with Gasteiger partial charge >= 0.3 is 0 Å². The lowest BCUT2D eigenvalue weighted by atomic mass is 10.0. The topological polar surface area (TPSA) is 49.9 Å². The molecule has 0 saturated carbocycles. The molecule has 3 nitrogen and oxygen atoms in total. The van der Waals surface area contributed by atoms with E-state index in [1.54, 1.807) is 18.2 Å². The number of fused-ring (bicyclic) bond motifs is 1. The quantitative estimate of drug-likeness (QED) is 0.778. The van der Waals surface area contributed by atoms with E-state index in [-0.39, 0.29) is 0 Å². The maximum absolute atomic E-state index is 11.6. The average molecular weight is 271 g/mol. The molecule has 0 bridgehead atoms. The van der Waals surface area contributed by atoms with Gasteiger partial charge in [-0.15, -0.1) is 0 Å². The number of hydrogen-bond donors (Lipinski definition) is 1. The number of aromatic amines is 1. The highest BCUT2D eigenvalue weighted by atomic mass is 32.2. The lowest BCUT2D eigenvalue weighted by Gasteiger charge is -2.06. The highest BCUT2D eigenvalue weighted by Gasteiger charge is 2.10. The molecule has 0 atom stereocenters. The van der Waals surface area contributed by atoms with Gasteiger partial charge in [0.05, 0.1) is 4.90 Å². The number of rotatable bonds is 2. The van der Waals surface area contributed by atoms with E-state index in [0.29, 0.717) is 4.90 Å². The third-order valence-electron chi connectivity index (χ3n) is 3.17. The molecule has 4 heteroatoms. The predicted molar refractivity (Wildman–Crippen MR) is 76.8 cm³/mol. The first-order valence-corrected chi connectivity index (χ1v) is 7.81. The first kappa shape index (κ1) is 12.0. The van der Waals surface area contributed by atoms with Crippen LogP contribution in [0.3, 0.4) is 0 Å². The van der Waals surface area contributed by atoms with Crippen LogP contribution >= 0.6 is 0 Å². The molecule has 0 unspecified atom stereocenters. The molecule has 0 aliphatic rings. The van der Waals surface area contributed by atoms with Crippen LogP contribution < -0.4 is 0 Å². The van der Waals surface area contributed by atoms with Crippen LogP contribution in [0.1, 0.15) is 0 Å². The summed E-state index contributed by atoms with van der Waals surface area (Å²) >= 11 is 0. The second-order valence-electron chi connectivity index (χ2n) is 4.54. The minimum absolute atomic E-state index is 0.345. The molecule has 96 valence electrons. The zero-order valence-electron chi connectivity index (χ0n) is 10.4. The molecule has 2 aromatic carbocycles. The molecule has 1 N–H and O–H groups in total. The largest absolute Gasteiger partial charge is 0.361 e. The Hall–Kier alpha value is -2.07. The lowest BCUT2D eigenvalue weighted by molar-refractivity contribution is 0.602. The van der Waals surface area contributed by atoms with E-state index in [1.807, 2.05) is 36.5 Å². The van der Waals surface area contributed by atoms with E-state index >= 15 is 0 Å². The number of sulfone groups is 1. The maximum atomic E-state index is 11.6. The predicted octanol–water partition coefficient (Wildman–Crippen LogP) is 3.24. The third-order valence-corrected chi connectivity index (χ3v) is 4.28. The summed E-state index contributed by atoms with van der Waals surface area (Å²) in [6.45, 7) is 0. The van der Waals surface area contributed by atoms with Crippen LogP contribution in [0.25, 0.3) is 22.0 Å². The molecule has 0 spiro atoms. The fraction of sp³-hybridized carbons (Fsp3) is 0.0667. The fourth-order valence-electron chi connectivity index (χ4n) is 2.23. The highest BCUT2D eigenvalue weighted by molar-refractivity contribution is 7.90. The van der Waals surface area contributed by atoms with E-state index in [2.05, 4.69) is 4.98 Å². The van der Waals surface area contributed by atoms with Crippen LogP contribution in [0.5, 0.6) is 0 Å². The molecule has 0 saturated heterocycles. The standard InChI is InChI=1S/C15H13NO2S/c1-19(17,18)12-5-2-4-11(10-12)13-6-3-7-15-14(13)8-9-16-15/h2-10,16H,1H3. The molecule has 1 aromatic heterocycles. The summed E-state index contributed by atoms with van der Waals surface area (Å²) in [4.78, 5) is 3.50. The molecule has 0 radical (unpaired) electrons. The van der Waals surface area contributed by atoms with Crippen molar-refractivity contribution in [2.24, 2.45) is 0 Å². The van der Waals surface area contributed by atoms with Crippen molar-refractivity contribution in [3.05, 3.63) is 54.7 Å². The molecule has 0 amide bonds. The molecule has 0 aliphatic heterocycles. The number of nitrogens with one attached hydrogen (secondary N) is 1. The van der Waals surface area contributed by atoms with Gasteiger partial charge in [-0.25, -0.2) is 8.42 Å². The summed E-state index contributed by atoms with van der Waals surface area (Å²) in [6.07, 6.45) is 3.11. The Kier molecular flexibility index (Phi) is 2.68. The summed E-state index contributed by atoms with van der Waals surface area (Å²) in [5.74, 6) is 0. The molecular formula is C15H13NO2S. The molecule has 0 fully saturated rings. The van der Waals surface area contributed by atoms with E-state index in [4.69, 9.17) is 0 Å². The number of hydrogen-bond acceptors (Lipinski definition) is 2. The van der Waals surface area contributed by atoms with Gasteiger partial charge in [0.25, 0.3) is 0 Å². The van der Waals surface area contributed by atoms with Crippen molar-refractivity contribution in [3.8, 4) is 11.1 Å². The van der Waals surface area contributed by atoms with Gasteiger partial charge in [-0.05, 0) is 35.4 Å². The van der Waals surface area contributed by atoms with Crippen molar-refractivity contribution in [1.29, 1.82) is 0 Å². The Labute approximate surface area is 111 Å². The summed E-state index contributed by atoms with van der Waals surface area (Å²) in [5, 5.41) is 1.09. The van der Waals surface area contributed by atoms with Gasteiger partial charge in [0.1, 0.15) is 0 Å². The van der Waals surface area contributed by atoms with E-state index < -0.39 is 9.84 Å².